The second kappa shape index (κ2) is 46.0. The Balaban J connectivity index is 0.000000227. The molecule has 0 spiro atoms. The molecule has 10 heterocycles. The highest BCUT2D eigenvalue weighted by molar-refractivity contribution is 6.31. The van der Waals surface area contributed by atoms with Gasteiger partial charge >= 0.3 is 0 Å². The van der Waals surface area contributed by atoms with Gasteiger partial charge in [0.15, 0.2) is 29.1 Å². The number of aromatic nitrogens is 15. The number of pyridine rings is 5. The molecule has 0 aliphatic heterocycles. The van der Waals surface area contributed by atoms with E-state index in [9.17, 15) is 23.6 Å². The van der Waals surface area contributed by atoms with Gasteiger partial charge in [-0.05, 0) is 163 Å². The summed E-state index contributed by atoms with van der Waals surface area (Å²) >= 11 is 12.0. The van der Waals surface area contributed by atoms with Gasteiger partial charge in [0.2, 0.25) is 29.7 Å². The lowest BCUT2D eigenvalue weighted by molar-refractivity contribution is -0.118. The molecule has 634 valence electrons. The number of hydrogen-bond acceptors (Lipinski definition) is 29. The summed E-state index contributed by atoms with van der Waals surface area (Å²) in [4.78, 5) is 110. The van der Waals surface area contributed by atoms with Crippen LogP contribution in [0.15, 0.2) is 73.4 Å². The number of carbonyl (C=O) groups excluding carboxylic acids is 4. The van der Waals surface area contributed by atoms with Crippen molar-refractivity contribution in [2.24, 2.45) is 0 Å². The Morgan fingerprint density at radius 2 is 0.598 bits per heavy atom. The molecule has 5 atom stereocenters. The van der Waals surface area contributed by atoms with Crippen molar-refractivity contribution >= 4 is 160 Å². The van der Waals surface area contributed by atoms with Gasteiger partial charge < -0.3 is 74.4 Å². The van der Waals surface area contributed by atoms with Crippen LogP contribution in [-0.2, 0) is 19.2 Å². The van der Waals surface area contributed by atoms with Crippen LogP contribution in [0.2, 0.25) is 10.0 Å². The van der Waals surface area contributed by atoms with Crippen molar-refractivity contribution in [1.29, 1.82) is 0 Å². The van der Waals surface area contributed by atoms with E-state index < -0.39 is 5.82 Å². The highest BCUT2D eigenvalue weighted by Crippen LogP contribution is 2.35. The van der Waals surface area contributed by atoms with Crippen LogP contribution in [0.5, 0.6) is 0 Å². The van der Waals surface area contributed by atoms with E-state index in [-0.39, 0.29) is 80.6 Å². The number of nitrogens with two attached hydrogens (primary N) is 5. The summed E-state index contributed by atoms with van der Waals surface area (Å²) < 4.78 is 13.4. The number of hydrogen-bond donors (Lipinski definition) is 10. The molecule has 10 rings (SSSR count). The quantitative estimate of drug-likeness (QED) is 0.0159. The molecule has 15 N–H and O–H groups in total. The SMILES string of the molecule is CCCCC[C@](C)(CCC(C)=O)Nc1nc(N)nc2cc(Cl)cnc12.CCCCC[C@](C)(CCC(C)=O)Nc1nc(N)nc2cccnc12.CCCC[C@@](C)(CC)Nc1nc(N)nc2cc(Cl)cnc12.CCCC[C@@](C)(CCC(C)=O)Nc1nc(N)nc2cc(F)cnc12.CCCC[C@@](C)(CCC(C)=O)Nc1nc(N)nc2cccnc12. The number of anilines is 10. The summed E-state index contributed by atoms with van der Waals surface area (Å²) in [6.07, 6.45) is 31.9. The predicted octanol–water partition coefficient (Wildman–Crippen LogP) is 19.0. The molecule has 0 bridgehead atoms. The molecular formula is C85H124Cl2FN25O4. The Bertz CT molecular complexity index is 4900. The molecule has 117 heavy (non-hydrogen) atoms. The predicted molar refractivity (Wildman–Crippen MR) is 476 cm³/mol. The van der Waals surface area contributed by atoms with Crippen LogP contribution < -0.4 is 55.3 Å². The average molecular weight is 1650 g/mol. The van der Waals surface area contributed by atoms with E-state index in [2.05, 4.69) is 178 Å². The third-order valence-electron chi connectivity index (χ3n) is 20.4. The van der Waals surface area contributed by atoms with Crippen molar-refractivity contribution in [1.82, 2.24) is 74.8 Å². The van der Waals surface area contributed by atoms with Gasteiger partial charge in [-0.2, -0.15) is 24.9 Å². The maximum Gasteiger partial charge on any atom is 0.222 e. The fourth-order valence-electron chi connectivity index (χ4n) is 13.2. The van der Waals surface area contributed by atoms with Gasteiger partial charge in [-0.25, -0.2) is 44.3 Å². The molecule has 32 heteroatoms. The van der Waals surface area contributed by atoms with Crippen molar-refractivity contribution in [3.63, 3.8) is 0 Å². The van der Waals surface area contributed by atoms with Crippen LogP contribution in [0.4, 0.5) is 63.2 Å². The molecule has 10 aromatic heterocycles. The van der Waals surface area contributed by atoms with Crippen LogP contribution in [0.25, 0.3) is 55.2 Å². The van der Waals surface area contributed by atoms with Gasteiger partial charge in [0, 0.05) is 84.2 Å². The molecular weight excluding hydrogens is 1530 g/mol. The Morgan fingerprint density at radius 3 is 0.889 bits per heavy atom. The highest BCUT2D eigenvalue weighted by Gasteiger charge is 2.31. The first-order chi connectivity index (χ1) is 55.5. The Labute approximate surface area is 698 Å². The molecule has 0 radical (unpaired) electrons. The number of unbranched alkanes of at least 4 members (excludes halogenated alkanes) is 7. The van der Waals surface area contributed by atoms with E-state index in [0.29, 0.717) is 121 Å². The lowest BCUT2D eigenvalue weighted by atomic mass is 9.88. The van der Waals surface area contributed by atoms with Crippen LogP contribution in [0.1, 0.15) is 271 Å². The zero-order valence-corrected chi connectivity index (χ0v) is 72.7. The topological polar surface area (TPSA) is 452 Å². The normalized spacial score (nSPS) is 13.7. The van der Waals surface area contributed by atoms with Gasteiger partial charge in [-0.15, -0.1) is 0 Å². The van der Waals surface area contributed by atoms with Crippen molar-refractivity contribution in [2.45, 2.75) is 298 Å². The minimum absolute atomic E-state index is 0.0367. The second-order valence-electron chi connectivity index (χ2n) is 31.8. The number of rotatable bonds is 40. The Hall–Kier alpha value is -10.4. The Kier molecular flexibility index (Phi) is 37.5. The van der Waals surface area contributed by atoms with E-state index >= 15 is 0 Å². The number of fused-ring (bicyclic) bond motifs is 5. The van der Waals surface area contributed by atoms with Crippen LogP contribution in [-0.4, -0.2) is 126 Å². The number of carbonyl (C=O) groups is 4. The molecule has 10 aromatic rings. The zero-order valence-electron chi connectivity index (χ0n) is 71.2. The third kappa shape index (κ3) is 31.6. The largest absolute Gasteiger partial charge is 0.368 e. The van der Waals surface area contributed by atoms with Gasteiger partial charge in [0.25, 0.3) is 0 Å². The average Bonchev–Trinajstić information content (AvgIpc) is 0.788. The minimum Gasteiger partial charge on any atom is -0.368 e. The van der Waals surface area contributed by atoms with Gasteiger partial charge in [-0.3, -0.25) is 9.97 Å². The van der Waals surface area contributed by atoms with Crippen LogP contribution >= 0.6 is 23.2 Å². The van der Waals surface area contributed by atoms with Crippen LogP contribution in [0, 0.1) is 5.82 Å². The molecule has 0 aliphatic carbocycles. The molecule has 29 nitrogen and oxygen atoms in total. The zero-order chi connectivity index (χ0) is 86.1. The molecule has 0 amide bonds. The molecule has 0 aliphatic rings. The molecule has 0 saturated carbocycles. The summed E-state index contributed by atoms with van der Waals surface area (Å²) in [6, 6.07) is 12.1. The van der Waals surface area contributed by atoms with E-state index in [1.807, 2.05) is 24.3 Å². The summed E-state index contributed by atoms with van der Waals surface area (Å²) in [5, 5.41) is 18.4. The summed E-state index contributed by atoms with van der Waals surface area (Å²) in [6.45, 7) is 30.1. The number of Topliss-reactive ketones (excluding diaryl/α,β-unsaturated/α-hetero) is 4. The van der Waals surface area contributed by atoms with Crippen molar-refractivity contribution in [3.8, 4) is 0 Å². The van der Waals surface area contributed by atoms with E-state index in [1.165, 1.54) is 12.5 Å². The van der Waals surface area contributed by atoms with E-state index in [0.717, 1.165) is 140 Å². The first-order valence-corrected chi connectivity index (χ1v) is 41.7. The molecule has 0 saturated heterocycles. The summed E-state index contributed by atoms with van der Waals surface area (Å²) in [5.74, 6) is 4.14. The maximum absolute atomic E-state index is 13.4. The van der Waals surface area contributed by atoms with Gasteiger partial charge in [0.1, 0.15) is 56.5 Å². The molecule has 0 fully saturated rings. The lowest BCUT2D eigenvalue weighted by Crippen LogP contribution is -2.36. The number of nitrogens with zero attached hydrogens (tertiary/aromatic N) is 15. The van der Waals surface area contributed by atoms with Crippen LogP contribution in [0.3, 0.4) is 0 Å². The van der Waals surface area contributed by atoms with Gasteiger partial charge in [-0.1, -0.05) is 142 Å². The number of nitrogen functional groups attached to an aromatic ring is 5. The number of ketones is 4. The number of halogens is 3. The van der Waals surface area contributed by atoms with Crippen molar-refractivity contribution in [2.75, 3.05) is 55.3 Å². The van der Waals surface area contributed by atoms with E-state index in [1.54, 1.807) is 64.6 Å². The molecule has 0 aromatic carbocycles. The fourth-order valence-corrected chi connectivity index (χ4v) is 13.5. The van der Waals surface area contributed by atoms with Crippen molar-refractivity contribution in [3.05, 3.63) is 89.3 Å². The first kappa shape index (κ1) is 95.5. The summed E-state index contributed by atoms with van der Waals surface area (Å²) in [7, 11) is 0. The maximum atomic E-state index is 13.4. The number of nitrogens with one attached hydrogen (secondary N) is 5. The molecule has 0 unspecified atom stereocenters. The minimum atomic E-state index is -0.475. The van der Waals surface area contributed by atoms with E-state index in [4.69, 9.17) is 51.9 Å². The summed E-state index contributed by atoms with van der Waals surface area (Å²) in [5.41, 5.74) is 34.2. The Morgan fingerprint density at radius 1 is 0.342 bits per heavy atom. The second-order valence-corrected chi connectivity index (χ2v) is 32.6. The fraction of sp³-hybridized carbons (Fsp3) is 0.541. The third-order valence-corrected chi connectivity index (χ3v) is 20.8. The van der Waals surface area contributed by atoms with Crippen molar-refractivity contribution < 1.29 is 23.6 Å². The lowest BCUT2D eigenvalue weighted by Gasteiger charge is -2.32. The highest BCUT2D eigenvalue weighted by atomic mass is 35.5. The van der Waals surface area contributed by atoms with Gasteiger partial charge in [0.05, 0.1) is 43.8 Å². The monoisotopic (exact) mass is 1650 g/mol. The smallest absolute Gasteiger partial charge is 0.222 e. The first-order valence-electron chi connectivity index (χ1n) is 40.9. The standard InChI is InChI=1S/C18H26ClN5O.C18H27N5O.C17H24FN5O.C17H25N5O.C15H22ClN5/c1-4-5-6-8-18(3,9-7-12(2)25)24-16-15-14(22-17(20)23-16)10-13(19)11-21-15;1-4-5-6-10-18(3,11-9-13(2)24)23-16-15-14(8-7-12-20-15)21-17(19)22-16;1-4-5-7-17(3,8-6-11(2)24)23-15-14-13(21-16(19)22-15)9-12(18)10-20-14;1-4-5-9-17(3,10-8-12(2)23)22-15-14-13(7-6-11-19-14)20-16(18)21-15;1-4-6-7-15(3,5-2)21-13-12-11(19-14(17)20-13)8-10(16)9-18-12/h10-11H,4-9H2,1-3H3,(H3,20,22,23,24);7-8,12H,4-6,9-11H2,1-3H3,(H3,19,21,22,23);9-10H,4-8H2,1-3H3,(H3,19,21,22,23);6-7,11H,4-5,8-10H2,1-3H3,(H3,18,20,21,22);8-9H,4-7H2,1-3H3,(H3,17,19,20,21)/t2*18-;2*17-;15-/m11001/s1.